The highest BCUT2D eigenvalue weighted by molar-refractivity contribution is 6.11. The van der Waals surface area contributed by atoms with Crippen LogP contribution in [-0.2, 0) is 19.1 Å². The average molecular weight is 449 g/mol. The predicted octanol–water partition coefficient (Wildman–Crippen LogP) is 1.61. The van der Waals surface area contributed by atoms with Crippen LogP contribution in [0.1, 0.15) is 27.9 Å². The van der Waals surface area contributed by atoms with Gasteiger partial charge in [0.1, 0.15) is 19.3 Å². The Hall–Kier alpha value is -3.98. The molecule has 170 valence electrons. The molecule has 1 saturated heterocycles. The first-order valence-corrected chi connectivity index (χ1v) is 10.5. The van der Waals surface area contributed by atoms with E-state index in [4.69, 9.17) is 9.84 Å². The third-order valence-corrected chi connectivity index (χ3v) is 5.53. The van der Waals surface area contributed by atoms with Crippen molar-refractivity contribution in [3.05, 3.63) is 65.2 Å². The van der Waals surface area contributed by atoms with Crippen molar-refractivity contribution < 1.29 is 29.0 Å². The van der Waals surface area contributed by atoms with E-state index in [0.717, 1.165) is 11.1 Å². The number of amides is 3. The van der Waals surface area contributed by atoms with Crippen molar-refractivity contribution in [3.8, 4) is 0 Å². The SMILES string of the molecule is O=C(O)COCC(=O)N[C@H]1CCN2C(=O)c3cc(C=Cc4ccccc4)ccc3NC(=O)[C@H]12. The molecular formula is C24H23N3O6. The molecule has 1 fully saturated rings. The standard InChI is InChI=1S/C24H23N3O6/c28-20(13-33-14-21(29)30)25-19-10-11-27-22(19)23(31)26-18-9-8-16(12-17(18)24(27)32)7-6-15-4-2-1-3-5-15/h1-9,12,19,22H,10-11,13-14H2,(H,25,28)(H,26,31)(H,29,30)/t19-,22-/m0/s1. The minimum absolute atomic E-state index is 0.290. The molecule has 0 bridgehead atoms. The number of hydrogen-bond acceptors (Lipinski definition) is 5. The second-order valence-electron chi connectivity index (χ2n) is 7.83. The number of carboxylic acids is 1. The van der Waals surface area contributed by atoms with E-state index in [0.29, 0.717) is 24.2 Å². The fourth-order valence-electron chi connectivity index (χ4n) is 4.04. The van der Waals surface area contributed by atoms with Gasteiger partial charge in [-0.05, 0) is 29.7 Å². The largest absolute Gasteiger partial charge is 0.480 e. The molecule has 2 atom stereocenters. The Morgan fingerprint density at radius 1 is 1.09 bits per heavy atom. The van der Waals surface area contributed by atoms with Gasteiger partial charge in [0.2, 0.25) is 11.8 Å². The maximum Gasteiger partial charge on any atom is 0.329 e. The summed E-state index contributed by atoms with van der Waals surface area (Å²) in [7, 11) is 0. The molecule has 0 spiro atoms. The van der Waals surface area contributed by atoms with Crippen molar-refractivity contribution >= 4 is 41.5 Å². The number of rotatable bonds is 7. The summed E-state index contributed by atoms with van der Waals surface area (Å²) in [6.07, 6.45) is 4.24. The van der Waals surface area contributed by atoms with Gasteiger partial charge in [-0.15, -0.1) is 0 Å². The minimum atomic E-state index is -1.18. The number of ether oxygens (including phenoxy) is 1. The van der Waals surface area contributed by atoms with E-state index in [9.17, 15) is 19.2 Å². The van der Waals surface area contributed by atoms with E-state index in [-0.39, 0.29) is 11.8 Å². The van der Waals surface area contributed by atoms with E-state index < -0.39 is 37.2 Å². The van der Waals surface area contributed by atoms with Crippen LogP contribution in [0.25, 0.3) is 12.2 Å². The molecule has 4 rings (SSSR count). The van der Waals surface area contributed by atoms with Crippen LogP contribution in [-0.4, -0.2) is 65.5 Å². The number of nitrogens with one attached hydrogen (secondary N) is 2. The lowest BCUT2D eigenvalue weighted by Gasteiger charge is -2.24. The Kier molecular flexibility index (Phi) is 6.50. The Balaban J connectivity index is 1.49. The molecule has 9 nitrogen and oxygen atoms in total. The van der Waals surface area contributed by atoms with Gasteiger partial charge < -0.3 is 25.4 Å². The van der Waals surface area contributed by atoms with Crippen molar-refractivity contribution in [3.63, 3.8) is 0 Å². The topological polar surface area (TPSA) is 125 Å². The average Bonchev–Trinajstić information content (AvgIpc) is 3.17. The number of benzene rings is 2. The monoisotopic (exact) mass is 449 g/mol. The maximum atomic E-state index is 13.3. The molecule has 2 aliphatic heterocycles. The molecule has 2 aliphatic rings. The molecule has 2 heterocycles. The van der Waals surface area contributed by atoms with Crippen LogP contribution in [0.4, 0.5) is 5.69 Å². The smallest absolute Gasteiger partial charge is 0.329 e. The second-order valence-corrected chi connectivity index (χ2v) is 7.83. The van der Waals surface area contributed by atoms with Crippen LogP contribution < -0.4 is 10.6 Å². The Morgan fingerprint density at radius 2 is 1.85 bits per heavy atom. The molecular weight excluding hydrogens is 426 g/mol. The fraction of sp³-hybridized carbons (Fsp3) is 0.250. The lowest BCUT2D eigenvalue weighted by atomic mass is 10.1. The van der Waals surface area contributed by atoms with Crippen molar-refractivity contribution in [1.82, 2.24) is 10.2 Å². The van der Waals surface area contributed by atoms with Crippen LogP contribution in [0.3, 0.4) is 0 Å². The second kappa shape index (κ2) is 9.66. The normalized spacial score (nSPS) is 19.6. The predicted molar refractivity (Wildman–Crippen MR) is 120 cm³/mol. The van der Waals surface area contributed by atoms with E-state index >= 15 is 0 Å². The first kappa shape index (κ1) is 22.2. The Labute approximate surface area is 190 Å². The lowest BCUT2D eigenvalue weighted by molar-refractivity contribution is -0.143. The molecule has 0 aliphatic carbocycles. The summed E-state index contributed by atoms with van der Waals surface area (Å²) in [6, 6.07) is 13.6. The van der Waals surface area contributed by atoms with E-state index in [1.165, 1.54) is 4.90 Å². The third kappa shape index (κ3) is 5.09. The van der Waals surface area contributed by atoms with Gasteiger partial charge in [0.05, 0.1) is 17.3 Å². The fourth-order valence-corrected chi connectivity index (χ4v) is 4.04. The molecule has 0 aromatic heterocycles. The molecule has 0 radical (unpaired) electrons. The summed E-state index contributed by atoms with van der Waals surface area (Å²) in [6.45, 7) is -0.729. The first-order chi connectivity index (χ1) is 15.9. The quantitative estimate of drug-likeness (QED) is 0.552. The zero-order valence-corrected chi connectivity index (χ0v) is 17.7. The van der Waals surface area contributed by atoms with Crippen molar-refractivity contribution in [2.75, 3.05) is 25.1 Å². The number of anilines is 1. The highest BCUT2D eigenvalue weighted by Crippen LogP contribution is 2.30. The summed E-state index contributed by atoms with van der Waals surface area (Å²) >= 11 is 0. The molecule has 2 aromatic carbocycles. The number of nitrogens with zero attached hydrogens (tertiary/aromatic N) is 1. The minimum Gasteiger partial charge on any atom is -0.480 e. The molecule has 9 heteroatoms. The van der Waals surface area contributed by atoms with Gasteiger partial charge in [-0.25, -0.2) is 4.79 Å². The van der Waals surface area contributed by atoms with Gasteiger partial charge in [-0.2, -0.15) is 0 Å². The van der Waals surface area contributed by atoms with E-state index in [1.54, 1.807) is 12.1 Å². The summed E-state index contributed by atoms with van der Waals surface area (Å²) in [5.41, 5.74) is 2.65. The summed E-state index contributed by atoms with van der Waals surface area (Å²) in [4.78, 5) is 50.3. The number of carboxylic acid groups (broad SMARTS) is 1. The van der Waals surface area contributed by atoms with Crippen LogP contribution >= 0.6 is 0 Å². The maximum absolute atomic E-state index is 13.3. The number of fused-ring (bicyclic) bond motifs is 2. The van der Waals surface area contributed by atoms with Gasteiger partial charge in [0.15, 0.2) is 0 Å². The summed E-state index contributed by atoms with van der Waals surface area (Å²) in [5.74, 6) is -2.40. The molecule has 0 saturated carbocycles. The van der Waals surface area contributed by atoms with Crippen molar-refractivity contribution in [1.29, 1.82) is 0 Å². The van der Waals surface area contributed by atoms with Gasteiger partial charge >= 0.3 is 5.97 Å². The van der Waals surface area contributed by atoms with Crippen LogP contribution in [0.15, 0.2) is 48.5 Å². The zero-order valence-electron chi connectivity index (χ0n) is 17.7. The molecule has 0 unspecified atom stereocenters. The molecule has 33 heavy (non-hydrogen) atoms. The third-order valence-electron chi connectivity index (χ3n) is 5.53. The highest BCUT2D eigenvalue weighted by Gasteiger charge is 2.45. The van der Waals surface area contributed by atoms with Crippen LogP contribution in [0.5, 0.6) is 0 Å². The van der Waals surface area contributed by atoms with Crippen LogP contribution in [0.2, 0.25) is 0 Å². The van der Waals surface area contributed by atoms with E-state index in [2.05, 4.69) is 10.6 Å². The lowest BCUT2D eigenvalue weighted by Crippen LogP contribution is -2.52. The van der Waals surface area contributed by atoms with Crippen molar-refractivity contribution in [2.24, 2.45) is 0 Å². The zero-order chi connectivity index (χ0) is 23.4. The first-order valence-electron chi connectivity index (χ1n) is 10.5. The highest BCUT2D eigenvalue weighted by atomic mass is 16.5. The van der Waals surface area contributed by atoms with Gasteiger partial charge in [0, 0.05) is 6.54 Å². The van der Waals surface area contributed by atoms with Crippen molar-refractivity contribution in [2.45, 2.75) is 18.5 Å². The summed E-state index contributed by atoms with van der Waals surface area (Å²) in [5, 5.41) is 14.1. The van der Waals surface area contributed by atoms with E-state index in [1.807, 2.05) is 48.6 Å². The van der Waals surface area contributed by atoms with Gasteiger partial charge in [-0.3, -0.25) is 14.4 Å². The number of carbonyl (C=O) groups excluding carboxylic acids is 3. The summed E-state index contributed by atoms with van der Waals surface area (Å²) < 4.78 is 4.80. The number of carbonyl (C=O) groups is 4. The Morgan fingerprint density at radius 3 is 2.61 bits per heavy atom. The number of aliphatic carboxylic acids is 1. The van der Waals surface area contributed by atoms with Crippen LogP contribution in [0, 0.1) is 0 Å². The molecule has 3 N–H and O–H groups in total. The molecule has 2 aromatic rings. The Bertz CT molecular complexity index is 1110. The number of hydrogen-bond donors (Lipinski definition) is 3. The van der Waals surface area contributed by atoms with Gasteiger partial charge in [-0.1, -0.05) is 48.6 Å². The van der Waals surface area contributed by atoms with Gasteiger partial charge in [0.25, 0.3) is 5.91 Å². The molecule has 3 amide bonds.